The average molecular weight is 269 g/mol. The molecule has 3 heteroatoms. The summed E-state index contributed by atoms with van der Waals surface area (Å²) in [6.45, 7) is 3.34. The van der Waals surface area contributed by atoms with Crippen molar-refractivity contribution in [3.05, 3.63) is 0 Å². The minimum absolute atomic E-state index is 0.0858. The molecule has 0 saturated carbocycles. The molecule has 19 heavy (non-hydrogen) atoms. The molecular formula is C16H35N3. The molecule has 1 saturated heterocycles. The Balaban J connectivity index is 2.20. The number of nitrogens with two attached hydrogens (primary N) is 1. The van der Waals surface area contributed by atoms with Crippen molar-refractivity contribution in [2.45, 2.75) is 82.8 Å². The molecule has 0 aromatic carbocycles. The van der Waals surface area contributed by atoms with E-state index in [1.54, 1.807) is 0 Å². The quantitative estimate of drug-likeness (QED) is 0.665. The number of nitrogens with one attached hydrogen (secondary N) is 1. The van der Waals surface area contributed by atoms with Crippen LogP contribution in [-0.4, -0.2) is 37.2 Å². The molecule has 0 spiro atoms. The molecule has 1 aliphatic rings. The smallest absolute Gasteiger partial charge is 0.0592 e. The van der Waals surface area contributed by atoms with Crippen LogP contribution in [0.15, 0.2) is 0 Å². The Bertz CT molecular complexity index is 230. The predicted octanol–water partition coefficient (Wildman–Crippen LogP) is 3.10. The summed E-state index contributed by atoms with van der Waals surface area (Å²) in [7, 11) is 4.30. The van der Waals surface area contributed by atoms with Crippen LogP contribution < -0.4 is 11.1 Å². The van der Waals surface area contributed by atoms with Crippen LogP contribution in [0.3, 0.4) is 0 Å². The summed E-state index contributed by atoms with van der Waals surface area (Å²) >= 11 is 0. The molecule has 0 aromatic rings. The highest BCUT2D eigenvalue weighted by atomic mass is 15.2. The average Bonchev–Trinajstić information content (AvgIpc) is 2.56. The summed E-state index contributed by atoms with van der Waals surface area (Å²) < 4.78 is 0. The van der Waals surface area contributed by atoms with Crippen molar-refractivity contribution in [2.24, 2.45) is 5.73 Å². The van der Waals surface area contributed by atoms with Gasteiger partial charge >= 0.3 is 0 Å². The van der Waals surface area contributed by atoms with Crippen LogP contribution in [0, 0.1) is 0 Å². The highest BCUT2D eigenvalue weighted by molar-refractivity contribution is 4.89. The van der Waals surface area contributed by atoms with Crippen molar-refractivity contribution >= 4 is 0 Å². The summed E-state index contributed by atoms with van der Waals surface area (Å²) in [6.07, 6.45) is 13.4. The third kappa shape index (κ3) is 6.73. The van der Waals surface area contributed by atoms with E-state index in [9.17, 15) is 0 Å². The molecule has 0 aliphatic carbocycles. The van der Waals surface area contributed by atoms with E-state index in [4.69, 9.17) is 5.73 Å². The van der Waals surface area contributed by atoms with Gasteiger partial charge in [0.1, 0.15) is 0 Å². The molecule has 0 bridgehead atoms. The lowest BCUT2D eigenvalue weighted by molar-refractivity contribution is 0.235. The molecule has 3 N–H and O–H groups in total. The Hall–Kier alpha value is -0.120. The van der Waals surface area contributed by atoms with E-state index in [1.807, 2.05) is 0 Å². The molecule has 0 amide bonds. The van der Waals surface area contributed by atoms with E-state index < -0.39 is 0 Å². The predicted molar refractivity (Wildman–Crippen MR) is 84.2 cm³/mol. The number of hydrogen-bond donors (Lipinski definition) is 2. The van der Waals surface area contributed by atoms with Crippen molar-refractivity contribution in [3.8, 4) is 0 Å². The molecule has 2 atom stereocenters. The van der Waals surface area contributed by atoms with E-state index in [1.165, 1.54) is 51.4 Å². The summed E-state index contributed by atoms with van der Waals surface area (Å²) in [4.78, 5) is 2.27. The summed E-state index contributed by atoms with van der Waals surface area (Å²) in [5.74, 6) is 0. The molecule has 114 valence electrons. The fourth-order valence-corrected chi connectivity index (χ4v) is 3.09. The van der Waals surface area contributed by atoms with Gasteiger partial charge in [0.25, 0.3) is 0 Å². The van der Waals surface area contributed by atoms with Crippen LogP contribution in [0.5, 0.6) is 0 Å². The Kier molecular flexibility index (Phi) is 7.96. The van der Waals surface area contributed by atoms with Gasteiger partial charge in [-0.25, -0.2) is 0 Å². The van der Waals surface area contributed by atoms with Gasteiger partial charge in [-0.3, -0.25) is 4.90 Å². The fraction of sp³-hybridized carbons (Fsp3) is 1.00. The van der Waals surface area contributed by atoms with Crippen LogP contribution in [0.25, 0.3) is 0 Å². The first kappa shape index (κ1) is 16.9. The van der Waals surface area contributed by atoms with Gasteiger partial charge in [-0.1, -0.05) is 45.4 Å². The summed E-state index contributed by atoms with van der Waals surface area (Å²) in [5, 5.41) is 3.60. The number of hydrogen-bond acceptors (Lipinski definition) is 3. The van der Waals surface area contributed by atoms with Crippen molar-refractivity contribution in [1.82, 2.24) is 10.2 Å². The lowest BCUT2D eigenvalue weighted by atomic mass is 9.86. The topological polar surface area (TPSA) is 41.3 Å². The normalized spacial score (nSPS) is 28.6. The molecule has 1 rings (SSSR count). The zero-order valence-electron chi connectivity index (χ0n) is 13.4. The number of unbranched alkanes of at least 4 members (excludes halogenated alkanes) is 5. The second-order valence-electron chi connectivity index (χ2n) is 6.60. The largest absolute Gasteiger partial charge is 0.325 e. The first-order valence-electron chi connectivity index (χ1n) is 8.26. The minimum atomic E-state index is 0.0858. The maximum atomic E-state index is 6.60. The van der Waals surface area contributed by atoms with Gasteiger partial charge in [-0.2, -0.15) is 0 Å². The van der Waals surface area contributed by atoms with E-state index in [-0.39, 0.29) is 5.54 Å². The van der Waals surface area contributed by atoms with Crippen molar-refractivity contribution in [3.63, 3.8) is 0 Å². The Morgan fingerprint density at radius 3 is 2.47 bits per heavy atom. The van der Waals surface area contributed by atoms with Gasteiger partial charge in [-0.05, 0) is 46.3 Å². The lowest BCUT2D eigenvalue weighted by Crippen LogP contribution is -2.40. The van der Waals surface area contributed by atoms with Crippen molar-refractivity contribution in [1.29, 1.82) is 0 Å². The maximum absolute atomic E-state index is 6.60. The zero-order chi connectivity index (χ0) is 14.1. The first-order valence-corrected chi connectivity index (χ1v) is 8.26. The zero-order valence-corrected chi connectivity index (χ0v) is 13.4. The maximum Gasteiger partial charge on any atom is 0.0592 e. The highest BCUT2D eigenvalue weighted by Gasteiger charge is 2.28. The van der Waals surface area contributed by atoms with Gasteiger partial charge in [0.05, 0.1) is 6.17 Å². The Morgan fingerprint density at radius 2 is 1.79 bits per heavy atom. The minimum Gasteiger partial charge on any atom is -0.325 e. The second kappa shape index (κ2) is 8.93. The molecule has 1 heterocycles. The number of nitrogens with zero attached hydrogens (tertiary/aromatic N) is 1. The molecule has 0 aromatic heterocycles. The monoisotopic (exact) mass is 269 g/mol. The fourth-order valence-electron chi connectivity index (χ4n) is 3.09. The van der Waals surface area contributed by atoms with Gasteiger partial charge < -0.3 is 11.1 Å². The highest BCUT2D eigenvalue weighted by Crippen LogP contribution is 2.25. The van der Waals surface area contributed by atoms with Crippen LogP contribution in [0.4, 0.5) is 0 Å². The third-order valence-corrected chi connectivity index (χ3v) is 4.57. The van der Waals surface area contributed by atoms with Gasteiger partial charge in [0.2, 0.25) is 0 Å². The molecule has 3 nitrogen and oxygen atoms in total. The van der Waals surface area contributed by atoms with Gasteiger partial charge in [0, 0.05) is 5.54 Å². The Labute approximate surface area is 120 Å². The lowest BCUT2D eigenvalue weighted by Gasteiger charge is -2.28. The molecule has 1 aliphatic heterocycles. The van der Waals surface area contributed by atoms with E-state index >= 15 is 0 Å². The van der Waals surface area contributed by atoms with E-state index in [2.05, 4.69) is 31.2 Å². The van der Waals surface area contributed by atoms with Crippen LogP contribution in [-0.2, 0) is 0 Å². The van der Waals surface area contributed by atoms with Crippen LogP contribution in [0.1, 0.15) is 71.1 Å². The molecular weight excluding hydrogens is 234 g/mol. The standard InChI is InChI=1S/C16H35N3/c1-4-5-6-7-8-9-11-16(17)12-10-15(19(2)3)18-14-13-16/h15,18H,4-14,17H2,1-3H3. The van der Waals surface area contributed by atoms with Crippen LogP contribution >= 0.6 is 0 Å². The summed E-state index contributed by atoms with van der Waals surface area (Å²) in [5.41, 5.74) is 6.69. The van der Waals surface area contributed by atoms with E-state index in [0.717, 1.165) is 19.4 Å². The summed E-state index contributed by atoms with van der Waals surface area (Å²) in [6, 6.07) is 0. The van der Waals surface area contributed by atoms with E-state index in [0.29, 0.717) is 6.17 Å². The Morgan fingerprint density at radius 1 is 1.11 bits per heavy atom. The third-order valence-electron chi connectivity index (χ3n) is 4.57. The van der Waals surface area contributed by atoms with Crippen LogP contribution in [0.2, 0.25) is 0 Å². The van der Waals surface area contributed by atoms with Gasteiger partial charge in [0.15, 0.2) is 0 Å². The van der Waals surface area contributed by atoms with Gasteiger partial charge in [-0.15, -0.1) is 0 Å². The number of rotatable bonds is 8. The first-order chi connectivity index (χ1) is 9.07. The second-order valence-corrected chi connectivity index (χ2v) is 6.60. The SMILES string of the molecule is CCCCCCCCC1(N)CCNC(N(C)C)CC1. The molecule has 2 unspecified atom stereocenters. The van der Waals surface area contributed by atoms with Crippen molar-refractivity contribution in [2.75, 3.05) is 20.6 Å². The molecule has 1 fully saturated rings. The van der Waals surface area contributed by atoms with Crippen molar-refractivity contribution < 1.29 is 0 Å². The molecule has 0 radical (unpaired) electrons.